The van der Waals surface area contributed by atoms with Crippen molar-refractivity contribution in [3.05, 3.63) is 41.5 Å². The van der Waals surface area contributed by atoms with E-state index in [1.165, 1.54) is 7.11 Å². The molecule has 1 aliphatic heterocycles. The molecule has 7 nitrogen and oxygen atoms in total. The molecule has 0 N–H and O–H groups in total. The predicted molar refractivity (Wildman–Crippen MR) is 110 cm³/mol. The Balaban J connectivity index is 2.10. The number of hydrogen-bond acceptors (Lipinski definition) is 7. The second kappa shape index (κ2) is 8.65. The summed E-state index contributed by atoms with van der Waals surface area (Å²) < 4.78 is 49.5. The lowest BCUT2D eigenvalue weighted by Crippen LogP contribution is -2.33. The lowest BCUT2D eigenvalue weighted by atomic mass is 9.95. The summed E-state index contributed by atoms with van der Waals surface area (Å²) in [6.07, 6.45) is 0. The van der Waals surface area contributed by atoms with Crippen molar-refractivity contribution in [1.82, 2.24) is 0 Å². The molecular weight excluding hydrogens is 388 g/mol. The van der Waals surface area contributed by atoms with Crippen molar-refractivity contribution in [1.29, 1.82) is 0 Å². The summed E-state index contributed by atoms with van der Waals surface area (Å²) in [7, 11) is -1.40. The van der Waals surface area contributed by atoms with Crippen LogP contribution in [0.25, 0.3) is 11.1 Å². The zero-order valence-corrected chi connectivity index (χ0v) is 17.4. The number of rotatable bonds is 8. The molecule has 0 aliphatic carbocycles. The molecule has 0 bridgehead atoms. The van der Waals surface area contributed by atoms with E-state index in [2.05, 4.69) is 0 Å². The highest BCUT2D eigenvalue weighted by atomic mass is 16.6. The number of cyclic esters (lactones) is 1. The maximum Gasteiger partial charge on any atom is 0.338 e. The van der Waals surface area contributed by atoms with Gasteiger partial charge in [0.15, 0.2) is 11.5 Å². The summed E-state index contributed by atoms with van der Waals surface area (Å²) in [5.41, 5.74) is 1.29. The number of hydrogen-bond donors (Lipinski definition) is 0. The molecule has 160 valence electrons. The summed E-state index contributed by atoms with van der Waals surface area (Å²) in [5.74, 6) is -0.736. The first-order valence-electron chi connectivity index (χ1n) is 11.0. The Morgan fingerprint density at radius 1 is 1.17 bits per heavy atom. The van der Waals surface area contributed by atoms with Gasteiger partial charge in [-0.05, 0) is 50.6 Å². The number of esters is 2. The maximum absolute atomic E-state index is 12.3. The molecule has 0 radical (unpaired) electrons. The molecule has 3 rings (SSSR count). The molecule has 7 heteroatoms. The van der Waals surface area contributed by atoms with Gasteiger partial charge in [0.2, 0.25) is 5.75 Å². The number of benzene rings is 2. The second-order valence-corrected chi connectivity index (χ2v) is 7.42. The highest BCUT2D eigenvalue weighted by Crippen LogP contribution is 2.45. The molecule has 0 atom stereocenters. The van der Waals surface area contributed by atoms with E-state index in [0.29, 0.717) is 22.3 Å². The third kappa shape index (κ3) is 4.06. The largest absolute Gasteiger partial charge is 0.493 e. The summed E-state index contributed by atoms with van der Waals surface area (Å²) in [4.78, 5) is 24.2. The van der Waals surface area contributed by atoms with Gasteiger partial charge in [0.05, 0.1) is 35.8 Å². The maximum atomic E-state index is 12.3. The standard InChI is InChI=1S/C23H26O7/c1-6-28-22(25)23(2,3)13-30-19-16(9-10-18(26-4)20(19)27-5)14-7-8-17-15(11-14)12-29-21(17)24/h7-11H,6,12-13H2,1-5H3/i5D3. The quantitative estimate of drug-likeness (QED) is 0.600. The number of carbonyl (C=O) groups excluding carboxylic acids is 2. The molecule has 1 aliphatic rings. The van der Waals surface area contributed by atoms with Crippen molar-refractivity contribution in [2.45, 2.75) is 27.4 Å². The van der Waals surface area contributed by atoms with Crippen LogP contribution in [0.1, 0.15) is 40.8 Å². The highest BCUT2D eigenvalue weighted by molar-refractivity contribution is 5.94. The fraction of sp³-hybridized carbons (Fsp3) is 0.391. The first-order valence-corrected chi connectivity index (χ1v) is 9.47. The van der Waals surface area contributed by atoms with Gasteiger partial charge in [0.25, 0.3) is 0 Å². The van der Waals surface area contributed by atoms with Crippen LogP contribution in [0.5, 0.6) is 17.2 Å². The SMILES string of the molecule is [2H]C([2H])([2H])Oc1c(OC)ccc(-c2ccc3c(c2)COC3=O)c1OCC(C)(C)C(=O)OCC. The van der Waals surface area contributed by atoms with Gasteiger partial charge in [-0.25, -0.2) is 4.79 Å². The average Bonchev–Trinajstić information content (AvgIpc) is 3.11. The Morgan fingerprint density at radius 3 is 2.63 bits per heavy atom. The second-order valence-electron chi connectivity index (χ2n) is 7.42. The third-order valence-corrected chi connectivity index (χ3v) is 4.80. The molecule has 30 heavy (non-hydrogen) atoms. The van der Waals surface area contributed by atoms with E-state index in [1.807, 2.05) is 0 Å². The monoisotopic (exact) mass is 417 g/mol. The molecule has 0 saturated heterocycles. The lowest BCUT2D eigenvalue weighted by molar-refractivity contribution is -0.155. The molecule has 2 aromatic rings. The summed E-state index contributed by atoms with van der Waals surface area (Å²) in [5, 5.41) is 0. The van der Waals surface area contributed by atoms with Gasteiger partial charge in [0.1, 0.15) is 13.2 Å². The molecule has 2 aromatic carbocycles. The van der Waals surface area contributed by atoms with E-state index in [9.17, 15) is 9.59 Å². The summed E-state index contributed by atoms with van der Waals surface area (Å²) in [6, 6.07) is 8.37. The van der Waals surface area contributed by atoms with E-state index in [4.69, 9.17) is 27.8 Å². The third-order valence-electron chi connectivity index (χ3n) is 4.80. The van der Waals surface area contributed by atoms with Gasteiger partial charge in [-0.3, -0.25) is 4.79 Å². The van der Waals surface area contributed by atoms with Crippen LogP contribution in [-0.2, 0) is 20.9 Å². The zero-order chi connectivity index (χ0) is 24.4. The van der Waals surface area contributed by atoms with E-state index >= 15 is 0 Å². The van der Waals surface area contributed by atoms with Crippen LogP contribution in [0.4, 0.5) is 0 Å². The van der Waals surface area contributed by atoms with Crippen molar-refractivity contribution >= 4 is 11.9 Å². The van der Waals surface area contributed by atoms with E-state index in [1.54, 1.807) is 51.1 Å². The van der Waals surface area contributed by atoms with Crippen LogP contribution >= 0.6 is 0 Å². The Hall–Kier alpha value is -3.22. The van der Waals surface area contributed by atoms with Crippen molar-refractivity contribution < 1.29 is 37.4 Å². The van der Waals surface area contributed by atoms with Crippen LogP contribution in [0.15, 0.2) is 30.3 Å². The van der Waals surface area contributed by atoms with E-state index in [0.717, 1.165) is 0 Å². The van der Waals surface area contributed by atoms with Crippen molar-refractivity contribution in [3.63, 3.8) is 0 Å². The topological polar surface area (TPSA) is 80.3 Å². The lowest BCUT2D eigenvalue weighted by Gasteiger charge is -2.25. The zero-order valence-electron chi connectivity index (χ0n) is 20.4. The molecule has 0 spiro atoms. The van der Waals surface area contributed by atoms with Gasteiger partial charge in [-0.1, -0.05) is 6.07 Å². The van der Waals surface area contributed by atoms with Crippen LogP contribution in [0, 0.1) is 5.41 Å². The van der Waals surface area contributed by atoms with Crippen LogP contribution < -0.4 is 14.2 Å². The van der Waals surface area contributed by atoms with Gasteiger partial charge >= 0.3 is 11.9 Å². The van der Waals surface area contributed by atoms with Gasteiger partial charge in [0, 0.05) is 11.1 Å². The molecular formula is C23H26O7. The van der Waals surface area contributed by atoms with E-state index in [-0.39, 0.29) is 37.1 Å². The van der Waals surface area contributed by atoms with Crippen LogP contribution in [-0.4, -0.2) is 39.3 Å². The average molecular weight is 417 g/mol. The Kier molecular flexibility index (Phi) is 5.08. The molecule has 0 saturated carbocycles. The molecule has 0 amide bonds. The number of carbonyl (C=O) groups is 2. The minimum Gasteiger partial charge on any atom is -0.493 e. The minimum absolute atomic E-state index is 0.0908. The summed E-state index contributed by atoms with van der Waals surface area (Å²) >= 11 is 0. The Morgan fingerprint density at radius 2 is 1.93 bits per heavy atom. The van der Waals surface area contributed by atoms with Crippen molar-refractivity contribution in [2.75, 3.05) is 27.4 Å². The predicted octanol–water partition coefficient (Wildman–Crippen LogP) is 4.01. The minimum atomic E-state index is -2.78. The van der Waals surface area contributed by atoms with Gasteiger partial charge in [-0.2, -0.15) is 0 Å². The summed E-state index contributed by atoms with van der Waals surface area (Å²) in [6.45, 7) is 5.27. The normalized spacial score (nSPS) is 14.7. The number of fused-ring (bicyclic) bond motifs is 1. The first-order chi connectivity index (χ1) is 15.5. The fourth-order valence-electron chi connectivity index (χ4n) is 3.11. The van der Waals surface area contributed by atoms with E-state index < -0.39 is 24.4 Å². The molecule has 0 unspecified atom stereocenters. The number of methoxy groups -OCH3 is 2. The Bertz CT molecular complexity index is 1060. The molecule has 0 fully saturated rings. The van der Waals surface area contributed by atoms with Crippen molar-refractivity contribution in [3.8, 4) is 28.4 Å². The van der Waals surface area contributed by atoms with Crippen LogP contribution in [0.2, 0.25) is 0 Å². The van der Waals surface area contributed by atoms with Crippen LogP contribution in [0.3, 0.4) is 0 Å². The number of ether oxygens (including phenoxy) is 5. The van der Waals surface area contributed by atoms with Gasteiger partial charge in [-0.15, -0.1) is 0 Å². The fourth-order valence-corrected chi connectivity index (χ4v) is 3.11. The highest BCUT2D eigenvalue weighted by Gasteiger charge is 2.32. The van der Waals surface area contributed by atoms with Crippen molar-refractivity contribution in [2.24, 2.45) is 5.41 Å². The van der Waals surface area contributed by atoms with Gasteiger partial charge < -0.3 is 23.7 Å². The first kappa shape index (κ1) is 17.6. The Labute approximate surface area is 180 Å². The molecule has 1 heterocycles. The smallest absolute Gasteiger partial charge is 0.338 e. The molecule has 0 aromatic heterocycles.